The molecule has 2 atom stereocenters. The van der Waals surface area contributed by atoms with Gasteiger partial charge in [-0.1, -0.05) is 26.8 Å². The zero-order valence-electron chi connectivity index (χ0n) is 11.6. The summed E-state index contributed by atoms with van der Waals surface area (Å²) in [4.78, 5) is 15.9. The van der Waals surface area contributed by atoms with E-state index in [1.807, 2.05) is 39.8 Å². The van der Waals surface area contributed by atoms with Gasteiger partial charge in [-0.2, -0.15) is 0 Å². The molecule has 2 unspecified atom stereocenters. The lowest BCUT2D eigenvalue weighted by Crippen LogP contribution is -2.40. The highest BCUT2D eigenvalue weighted by Crippen LogP contribution is 2.20. The van der Waals surface area contributed by atoms with Crippen LogP contribution in [0.15, 0.2) is 24.5 Å². The van der Waals surface area contributed by atoms with Gasteiger partial charge in [0.2, 0.25) is 5.91 Å². The van der Waals surface area contributed by atoms with Gasteiger partial charge >= 0.3 is 0 Å². The molecule has 0 bridgehead atoms. The van der Waals surface area contributed by atoms with E-state index in [1.165, 1.54) is 0 Å². The first-order valence-corrected chi connectivity index (χ1v) is 6.25. The van der Waals surface area contributed by atoms with E-state index in [1.54, 1.807) is 12.4 Å². The van der Waals surface area contributed by atoms with Crippen LogP contribution in [-0.4, -0.2) is 16.9 Å². The smallest absolute Gasteiger partial charge is 0.222 e. The molecule has 0 spiro atoms. The van der Waals surface area contributed by atoms with E-state index in [0.717, 1.165) is 5.56 Å². The zero-order chi connectivity index (χ0) is 13.8. The Morgan fingerprint density at radius 3 is 2.67 bits per heavy atom. The van der Waals surface area contributed by atoms with Crippen molar-refractivity contribution in [2.24, 2.45) is 11.1 Å². The minimum Gasteiger partial charge on any atom is -0.349 e. The molecule has 1 aromatic heterocycles. The maximum Gasteiger partial charge on any atom is 0.222 e. The summed E-state index contributed by atoms with van der Waals surface area (Å²) in [5.41, 5.74) is 6.93. The molecule has 0 aliphatic rings. The van der Waals surface area contributed by atoms with Crippen LogP contribution in [0.25, 0.3) is 0 Å². The van der Waals surface area contributed by atoms with Crippen LogP contribution >= 0.6 is 0 Å². The summed E-state index contributed by atoms with van der Waals surface area (Å²) in [6.07, 6.45) is 3.82. The minimum absolute atomic E-state index is 0.0196. The molecule has 1 amide bonds. The molecule has 18 heavy (non-hydrogen) atoms. The number of pyridine rings is 1. The number of nitrogens with two attached hydrogens (primary N) is 1. The van der Waals surface area contributed by atoms with E-state index in [2.05, 4.69) is 10.3 Å². The van der Waals surface area contributed by atoms with Crippen molar-refractivity contribution in [1.29, 1.82) is 0 Å². The Morgan fingerprint density at radius 1 is 1.50 bits per heavy atom. The SMILES string of the molecule is CC(NC(=O)CC(N)C(C)(C)C)c1cccnc1. The van der Waals surface area contributed by atoms with E-state index in [9.17, 15) is 4.79 Å². The Balaban J connectivity index is 2.51. The Labute approximate surface area is 109 Å². The lowest BCUT2D eigenvalue weighted by Gasteiger charge is -2.27. The average Bonchev–Trinajstić information content (AvgIpc) is 2.28. The van der Waals surface area contributed by atoms with Crippen molar-refractivity contribution in [3.05, 3.63) is 30.1 Å². The number of nitrogens with one attached hydrogen (secondary N) is 1. The fourth-order valence-electron chi connectivity index (χ4n) is 1.52. The van der Waals surface area contributed by atoms with Crippen molar-refractivity contribution in [2.45, 2.75) is 46.2 Å². The second kappa shape index (κ2) is 5.96. The summed E-state index contributed by atoms with van der Waals surface area (Å²) in [6.45, 7) is 8.05. The number of hydrogen-bond acceptors (Lipinski definition) is 3. The minimum atomic E-state index is -0.140. The molecular formula is C14H23N3O. The fourth-order valence-corrected chi connectivity index (χ4v) is 1.52. The van der Waals surface area contributed by atoms with Crippen molar-refractivity contribution in [3.63, 3.8) is 0 Å². The van der Waals surface area contributed by atoms with E-state index in [4.69, 9.17) is 5.73 Å². The highest BCUT2D eigenvalue weighted by Gasteiger charge is 2.23. The van der Waals surface area contributed by atoms with Gasteiger partial charge in [0.15, 0.2) is 0 Å². The second-order valence-electron chi connectivity index (χ2n) is 5.75. The molecule has 1 aromatic rings. The lowest BCUT2D eigenvalue weighted by molar-refractivity contribution is -0.122. The summed E-state index contributed by atoms with van der Waals surface area (Å²) < 4.78 is 0. The van der Waals surface area contributed by atoms with Gasteiger partial charge in [-0.25, -0.2) is 0 Å². The standard InChI is InChI=1S/C14H23N3O/c1-10(11-6-5-7-16-9-11)17-13(18)8-12(15)14(2,3)4/h5-7,9-10,12H,8,15H2,1-4H3,(H,17,18). The molecule has 0 saturated heterocycles. The topological polar surface area (TPSA) is 68.0 Å². The van der Waals surface area contributed by atoms with Crippen LogP contribution in [0.3, 0.4) is 0 Å². The predicted octanol–water partition coefficient (Wildman–Crippen LogP) is 2.02. The number of rotatable bonds is 4. The Hall–Kier alpha value is -1.42. The quantitative estimate of drug-likeness (QED) is 0.858. The number of hydrogen-bond donors (Lipinski definition) is 2. The third kappa shape index (κ3) is 4.45. The van der Waals surface area contributed by atoms with Crippen LogP contribution in [-0.2, 0) is 4.79 Å². The number of nitrogens with zero attached hydrogens (tertiary/aromatic N) is 1. The molecule has 1 heterocycles. The number of carbonyl (C=O) groups is 1. The van der Waals surface area contributed by atoms with E-state index < -0.39 is 0 Å². The maximum absolute atomic E-state index is 11.9. The fraction of sp³-hybridized carbons (Fsp3) is 0.571. The molecule has 3 N–H and O–H groups in total. The zero-order valence-corrected chi connectivity index (χ0v) is 11.6. The van der Waals surface area contributed by atoms with Gasteiger partial charge in [-0.15, -0.1) is 0 Å². The molecule has 0 aromatic carbocycles. The normalized spacial score (nSPS) is 14.9. The molecule has 0 aliphatic heterocycles. The largest absolute Gasteiger partial charge is 0.349 e. The number of aromatic nitrogens is 1. The van der Waals surface area contributed by atoms with Crippen molar-refractivity contribution in [2.75, 3.05) is 0 Å². The molecule has 0 aliphatic carbocycles. The summed E-state index contributed by atoms with van der Waals surface area (Å²) in [5.74, 6) is -0.0196. The Morgan fingerprint density at radius 2 is 2.17 bits per heavy atom. The van der Waals surface area contributed by atoms with Gasteiger partial charge in [0.1, 0.15) is 0 Å². The van der Waals surface area contributed by atoms with Gasteiger partial charge in [0, 0.05) is 24.9 Å². The van der Waals surface area contributed by atoms with Gasteiger partial charge < -0.3 is 11.1 Å². The number of amides is 1. The highest BCUT2D eigenvalue weighted by molar-refractivity contribution is 5.77. The van der Waals surface area contributed by atoms with Crippen LogP contribution in [0.4, 0.5) is 0 Å². The third-order valence-electron chi connectivity index (χ3n) is 3.08. The predicted molar refractivity (Wildman–Crippen MR) is 72.8 cm³/mol. The van der Waals surface area contributed by atoms with Crippen molar-refractivity contribution in [1.82, 2.24) is 10.3 Å². The highest BCUT2D eigenvalue weighted by atomic mass is 16.1. The molecule has 1 rings (SSSR count). The van der Waals surface area contributed by atoms with Crippen LogP contribution in [0, 0.1) is 5.41 Å². The van der Waals surface area contributed by atoms with Crippen molar-refractivity contribution >= 4 is 5.91 Å². The number of carbonyl (C=O) groups excluding carboxylic acids is 1. The average molecular weight is 249 g/mol. The maximum atomic E-state index is 11.9. The van der Waals surface area contributed by atoms with Gasteiger partial charge in [0.25, 0.3) is 0 Å². The van der Waals surface area contributed by atoms with E-state index >= 15 is 0 Å². The van der Waals surface area contributed by atoms with Crippen molar-refractivity contribution in [3.8, 4) is 0 Å². The van der Waals surface area contributed by atoms with E-state index in [0.29, 0.717) is 6.42 Å². The third-order valence-corrected chi connectivity index (χ3v) is 3.08. The van der Waals surface area contributed by atoms with Crippen LogP contribution < -0.4 is 11.1 Å². The summed E-state index contributed by atoms with van der Waals surface area (Å²) in [7, 11) is 0. The van der Waals surface area contributed by atoms with E-state index in [-0.39, 0.29) is 23.4 Å². The van der Waals surface area contributed by atoms with Gasteiger partial charge in [0.05, 0.1) is 6.04 Å². The molecule has 100 valence electrons. The molecule has 4 nitrogen and oxygen atoms in total. The van der Waals surface area contributed by atoms with Crippen molar-refractivity contribution < 1.29 is 4.79 Å². The van der Waals surface area contributed by atoms with Crippen LogP contribution in [0.5, 0.6) is 0 Å². The summed E-state index contributed by atoms with van der Waals surface area (Å²) >= 11 is 0. The van der Waals surface area contributed by atoms with Crippen LogP contribution in [0.2, 0.25) is 0 Å². The molecule has 0 fully saturated rings. The lowest BCUT2D eigenvalue weighted by atomic mass is 9.85. The Bertz CT molecular complexity index is 384. The first kappa shape index (κ1) is 14.6. The monoisotopic (exact) mass is 249 g/mol. The summed E-state index contributed by atoms with van der Waals surface area (Å²) in [5, 5.41) is 2.94. The van der Waals surface area contributed by atoms with Gasteiger partial charge in [-0.05, 0) is 24.0 Å². The van der Waals surface area contributed by atoms with Crippen LogP contribution in [0.1, 0.15) is 45.7 Å². The molecule has 0 saturated carbocycles. The first-order chi connectivity index (χ1) is 8.30. The molecular weight excluding hydrogens is 226 g/mol. The Kier molecular flexibility index (Phi) is 4.84. The summed E-state index contributed by atoms with van der Waals surface area (Å²) in [6, 6.07) is 3.62. The first-order valence-electron chi connectivity index (χ1n) is 6.25. The second-order valence-corrected chi connectivity index (χ2v) is 5.75. The molecule has 0 radical (unpaired) electrons. The van der Waals surface area contributed by atoms with Gasteiger partial charge in [-0.3, -0.25) is 9.78 Å². The molecule has 4 heteroatoms.